The number of hydrogen-bond acceptors (Lipinski definition) is 1. The van der Waals surface area contributed by atoms with Gasteiger partial charge in [0.05, 0.1) is 0 Å². The lowest BCUT2D eigenvalue weighted by molar-refractivity contribution is 0.252. The Balaban J connectivity index is 2.18. The van der Waals surface area contributed by atoms with E-state index in [0.717, 1.165) is 12.8 Å². The SMILES string of the molecule is CCCCCCNC(=O)Nc1ccc(F)cc1. The highest BCUT2D eigenvalue weighted by atomic mass is 19.1. The normalized spacial score (nSPS) is 10.0. The number of carbonyl (C=O) groups is 1. The van der Waals surface area contributed by atoms with Crippen molar-refractivity contribution in [2.45, 2.75) is 32.6 Å². The molecular formula is C13H19FN2O. The number of nitrogens with one attached hydrogen (secondary N) is 2. The summed E-state index contributed by atoms with van der Waals surface area (Å²) < 4.78 is 12.6. The zero-order valence-corrected chi connectivity index (χ0v) is 10.1. The average Bonchev–Trinajstić information content (AvgIpc) is 2.32. The number of unbranched alkanes of at least 4 members (excludes halogenated alkanes) is 3. The Kier molecular flexibility index (Phi) is 6.07. The highest BCUT2D eigenvalue weighted by Crippen LogP contribution is 2.07. The lowest BCUT2D eigenvalue weighted by Gasteiger charge is -2.07. The Morgan fingerprint density at radius 3 is 2.53 bits per heavy atom. The Labute approximate surface area is 101 Å². The molecule has 0 aromatic heterocycles. The fraction of sp³-hybridized carbons (Fsp3) is 0.462. The Bertz CT molecular complexity index is 338. The highest BCUT2D eigenvalue weighted by molar-refractivity contribution is 5.89. The van der Waals surface area contributed by atoms with Crippen molar-refractivity contribution in [2.75, 3.05) is 11.9 Å². The van der Waals surface area contributed by atoms with E-state index in [9.17, 15) is 9.18 Å². The zero-order valence-electron chi connectivity index (χ0n) is 10.1. The van der Waals surface area contributed by atoms with Crippen molar-refractivity contribution in [1.82, 2.24) is 5.32 Å². The summed E-state index contributed by atoms with van der Waals surface area (Å²) in [5.41, 5.74) is 0.595. The van der Waals surface area contributed by atoms with Gasteiger partial charge in [-0.2, -0.15) is 0 Å². The van der Waals surface area contributed by atoms with Crippen LogP contribution < -0.4 is 10.6 Å². The molecule has 0 saturated heterocycles. The van der Waals surface area contributed by atoms with E-state index < -0.39 is 0 Å². The minimum absolute atomic E-state index is 0.242. The molecule has 4 heteroatoms. The summed E-state index contributed by atoms with van der Waals surface area (Å²) >= 11 is 0. The molecule has 0 aliphatic rings. The molecule has 1 aromatic carbocycles. The molecule has 0 radical (unpaired) electrons. The summed E-state index contributed by atoms with van der Waals surface area (Å²) in [6.45, 7) is 2.82. The zero-order chi connectivity index (χ0) is 12.5. The van der Waals surface area contributed by atoms with Crippen LogP contribution in [0.25, 0.3) is 0 Å². The molecule has 0 fully saturated rings. The summed E-state index contributed by atoms with van der Waals surface area (Å²) in [4.78, 5) is 11.4. The van der Waals surface area contributed by atoms with Gasteiger partial charge in [-0.3, -0.25) is 0 Å². The summed E-state index contributed by atoms with van der Waals surface area (Å²) in [7, 11) is 0. The number of amides is 2. The largest absolute Gasteiger partial charge is 0.338 e. The number of halogens is 1. The standard InChI is InChI=1S/C13H19FN2O/c1-2-3-4-5-10-15-13(17)16-12-8-6-11(14)7-9-12/h6-9H,2-5,10H2,1H3,(H2,15,16,17). The van der Waals surface area contributed by atoms with Crippen molar-refractivity contribution < 1.29 is 9.18 Å². The molecule has 1 aromatic rings. The Morgan fingerprint density at radius 2 is 1.88 bits per heavy atom. The summed E-state index contributed by atoms with van der Waals surface area (Å²) in [6.07, 6.45) is 4.50. The van der Waals surface area contributed by atoms with Gasteiger partial charge in [0.1, 0.15) is 5.82 Å². The fourth-order valence-electron chi connectivity index (χ4n) is 1.46. The molecule has 0 aliphatic heterocycles. The maximum absolute atomic E-state index is 12.6. The van der Waals surface area contributed by atoms with Crippen LogP contribution in [0.5, 0.6) is 0 Å². The number of rotatable bonds is 6. The second kappa shape index (κ2) is 7.65. The second-order valence-corrected chi connectivity index (χ2v) is 3.95. The van der Waals surface area contributed by atoms with Crippen LogP contribution in [0.4, 0.5) is 14.9 Å². The van der Waals surface area contributed by atoms with E-state index in [1.165, 1.54) is 37.1 Å². The molecule has 0 aliphatic carbocycles. The van der Waals surface area contributed by atoms with Gasteiger partial charge in [0, 0.05) is 12.2 Å². The van der Waals surface area contributed by atoms with E-state index in [0.29, 0.717) is 12.2 Å². The number of hydrogen-bond donors (Lipinski definition) is 2. The molecule has 1 rings (SSSR count). The predicted molar refractivity (Wildman–Crippen MR) is 67.6 cm³/mol. The Morgan fingerprint density at radius 1 is 1.18 bits per heavy atom. The molecule has 94 valence electrons. The van der Waals surface area contributed by atoms with Crippen LogP contribution in [0.1, 0.15) is 32.6 Å². The highest BCUT2D eigenvalue weighted by Gasteiger charge is 2.00. The van der Waals surface area contributed by atoms with Gasteiger partial charge in [0.15, 0.2) is 0 Å². The number of carbonyl (C=O) groups excluding carboxylic acids is 1. The van der Waals surface area contributed by atoms with Crippen molar-refractivity contribution in [3.63, 3.8) is 0 Å². The van der Waals surface area contributed by atoms with Crippen LogP contribution in [0.15, 0.2) is 24.3 Å². The molecule has 2 N–H and O–H groups in total. The van der Waals surface area contributed by atoms with E-state index in [1.54, 1.807) is 0 Å². The van der Waals surface area contributed by atoms with E-state index in [2.05, 4.69) is 17.6 Å². The van der Waals surface area contributed by atoms with Gasteiger partial charge in [0.2, 0.25) is 0 Å². The van der Waals surface area contributed by atoms with E-state index in [4.69, 9.17) is 0 Å². The molecule has 0 heterocycles. The maximum Gasteiger partial charge on any atom is 0.319 e. The number of urea groups is 1. The van der Waals surface area contributed by atoms with Crippen LogP contribution in [-0.2, 0) is 0 Å². The fourth-order valence-corrected chi connectivity index (χ4v) is 1.46. The van der Waals surface area contributed by atoms with Crippen molar-refractivity contribution in [2.24, 2.45) is 0 Å². The Hall–Kier alpha value is -1.58. The van der Waals surface area contributed by atoms with Crippen LogP contribution in [0.3, 0.4) is 0 Å². The minimum atomic E-state index is -0.310. The minimum Gasteiger partial charge on any atom is -0.338 e. The second-order valence-electron chi connectivity index (χ2n) is 3.95. The first-order valence-electron chi connectivity index (χ1n) is 6.03. The van der Waals surface area contributed by atoms with Crippen molar-refractivity contribution in [1.29, 1.82) is 0 Å². The molecule has 0 atom stereocenters. The first kappa shape index (κ1) is 13.5. The maximum atomic E-state index is 12.6. The van der Waals surface area contributed by atoms with Crippen molar-refractivity contribution >= 4 is 11.7 Å². The smallest absolute Gasteiger partial charge is 0.319 e. The van der Waals surface area contributed by atoms with Crippen LogP contribution in [0, 0.1) is 5.82 Å². The molecule has 0 saturated carbocycles. The van der Waals surface area contributed by atoms with Crippen molar-refractivity contribution in [3.05, 3.63) is 30.1 Å². The third-order valence-corrected chi connectivity index (χ3v) is 2.42. The number of anilines is 1. The first-order chi connectivity index (χ1) is 8.22. The third kappa shape index (κ3) is 5.90. The molecule has 0 unspecified atom stereocenters. The number of benzene rings is 1. The molecule has 17 heavy (non-hydrogen) atoms. The lowest BCUT2D eigenvalue weighted by Crippen LogP contribution is -2.29. The predicted octanol–water partition coefficient (Wildman–Crippen LogP) is 3.53. The van der Waals surface area contributed by atoms with E-state index in [-0.39, 0.29) is 11.8 Å². The van der Waals surface area contributed by atoms with Gasteiger partial charge < -0.3 is 10.6 Å². The van der Waals surface area contributed by atoms with Crippen LogP contribution >= 0.6 is 0 Å². The summed E-state index contributed by atoms with van der Waals surface area (Å²) in [6, 6.07) is 5.46. The van der Waals surface area contributed by atoms with Crippen LogP contribution in [-0.4, -0.2) is 12.6 Å². The van der Waals surface area contributed by atoms with Gasteiger partial charge in [-0.15, -0.1) is 0 Å². The molecule has 0 spiro atoms. The van der Waals surface area contributed by atoms with Gasteiger partial charge in [-0.25, -0.2) is 9.18 Å². The topological polar surface area (TPSA) is 41.1 Å². The molecule has 0 bridgehead atoms. The van der Waals surface area contributed by atoms with Crippen LogP contribution in [0.2, 0.25) is 0 Å². The van der Waals surface area contributed by atoms with E-state index >= 15 is 0 Å². The van der Waals surface area contributed by atoms with Gasteiger partial charge in [-0.1, -0.05) is 26.2 Å². The third-order valence-electron chi connectivity index (χ3n) is 2.42. The lowest BCUT2D eigenvalue weighted by atomic mass is 10.2. The molecular weight excluding hydrogens is 219 g/mol. The monoisotopic (exact) mass is 238 g/mol. The van der Waals surface area contributed by atoms with Gasteiger partial charge in [-0.05, 0) is 30.7 Å². The summed E-state index contributed by atoms with van der Waals surface area (Å²) in [5, 5.41) is 5.40. The van der Waals surface area contributed by atoms with Gasteiger partial charge >= 0.3 is 6.03 Å². The average molecular weight is 238 g/mol. The molecule has 2 amide bonds. The first-order valence-corrected chi connectivity index (χ1v) is 6.03. The van der Waals surface area contributed by atoms with Gasteiger partial charge in [0.25, 0.3) is 0 Å². The van der Waals surface area contributed by atoms with E-state index in [1.807, 2.05) is 0 Å². The molecule has 3 nitrogen and oxygen atoms in total. The van der Waals surface area contributed by atoms with Crippen molar-refractivity contribution in [3.8, 4) is 0 Å². The summed E-state index contributed by atoms with van der Waals surface area (Å²) in [5.74, 6) is -0.310. The quantitative estimate of drug-likeness (QED) is 0.731.